The van der Waals surface area contributed by atoms with Crippen molar-refractivity contribution in [1.29, 1.82) is 0 Å². The molecule has 150 valence electrons. The number of nitrogen functional groups attached to an aromatic ring is 1. The average molecular weight is 410 g/mol. The van der Waals surface area contributed by atoms with E-state index in [9.17, 15) is 4.79 Å². The van der Waals surface area contributed by atoms with E-state index in [2.05, 4.69) is 26.0 Å². The molecule has 1 amide bonds. The number of thioether (sulfide) groups is 1. The number of carbonyl (C=O) groups excluding carboxylic acids is 1. The SMILES string of the molecule is C/C(=N\Nc1nnc(SCC(=O)Nc2ccc(C)cc2C)n1N)c1ccccc1. The zero-order valence-corrected chi connectivity index (χ0v) is 17.3. The molecule has 0 aliphatic heterocycles. The Kier molecular flexibility index (Phi) is 6.50. The molecular weight excluding hydrogens is 386 g/mol. The van der Waals surface area contributed by atoms with E-state index in [0.29, 0.717) is 5.16 Å². The number of hydrogen-bond acceptors (Lipinski definition) is 7. The third kappa shape index (κ3) is 5.35. The fourth-order valence-corrected chi connectivity index (χ4v) is 3.26. The first-order valence-corrected chi connectivity index (χ1v) is 9.98. The van der Waals surface area contributed by atoms with Gasteiger partial charge < -0.3 is 11.2 Å². The van der Waals surface area contributed by atoms with Crippen molar-refractivity contribution in [3.05, 3.63) is 65.2 Å². The normalized spacial score (nSPS) is 11.3. The molecule has 1 aromatic heterocycles. The molecule has 1 heterocycles. The van der Waals surface area contributed by atoms with Crippen molar-refractivity contribution in [2.45, 2.75) is 25.9 Å². The molecule has 0 atom stereocenters. The minimum atomic E-state index is -0.141. The zero-order valence-electron chi connectivity index (χ0n) is 16.5. The second-order valence-corrected chi connectivity index (χ2v) is 7.45. The third-order valence-corrected chi connectivity index (χ3v) is 5.11. The Morgan fingerprint density at radius 3 is 2.66 bits per heavy atom. The molecule has 0 aliphatic carbocycles. The van der Waals surface area contributed by atoms with E-state index in [1.165, 1.54) is 16.4 Å². The van der Waals surface area contributed by atoms with Crippen LogP contribution in [0, 0.1) is 13.8 Å². The molecule has 3 rings (SSSR count). The first kappa shape index (κ1) is 20.4. The molecular formula is C20H23N7OS. The summed E-state index contributed by atoms with van der Waals surface area (Å²) >= 11 is 1.20. The average Bonchev–Trinajstić information content (AvgIpc) is 3.07. The standard InChI is InChI=1S/C20H23N7OS/c1-13-9-10-17(14(2)11-13)22-18(28)12-29-20-26-25-19(27(20)21)24-23-15(3)16-7-5-4-6-8-16/h4-11H,12,21H2,1-3H3,(H,22,28)(H,24,25)/b23-15+. The van der Waals surface area contributed by atoms with Gasteiger partial charge in [-0.05, 0) is 38.0 Å². The lowest BCUT2D eigenvalue weighted by Crippen LogP contribution is -2.17. The summed E-state index contributed by atoms with van der Waals surface area (Å²) in [6.45, 7) is 5.86. The monoisotopic (exact) mass is 409 g/mol. The Bertz CT molecular complexity index is 1030. The third-order valence-electron chi connectivity index (χ3n) is 4.17. The van der Waals surface area contributed by atoms with Crippen molar-refractivity contribution in [3.8, 4) is 0 Å². The van der Waals surface area contributed by atoms with Gasteiger partial charge in [-0.15, -0.1) is 10.2 Å². The van der Waals surface area contributed by atoms with E-state index in [4.69, 9.17) is 5.84 Å². The smallest absolute Gasteiger partial charge is 0.264 e. The molecule has 0 aliphatic rings. The molecule has 0 bridgehead atoms. The molecule has 29 heavy (non-hydrogen) atoms. The number of anilines is 2. The number of nitrogens with one attached hydrogen (secondary N) is 2. The summed E-state index contributed by atoms with van der Waals surface area (Å²) in [5, 5.41) is 15.6. The first-order valence-electron chi connectivity index (χ1n) is 9.00. The lowest BCUT2D eigenvalue weighted by Gasteiger charge is -2.09. The fourth-order valence-electron chi connectivity index (χ4n) is 2.60. The molecule has 0 radical (unpaired) electrons. The van der Waals surface area contributed by atoms with Gasteiger partial charge in [0.25, 0.3) is 5.95 Å². The van der Waals surface area contributed by atoms with Gasteiger partial charge in [0, 0.05) is 5.69 Å². The minimum Gasteiger partial charge on any atom is -0.334 e. The summed E-state index contributed by atoms with van der Waals surface area (Å²) in [5.74, 6) is 6.32. The van der Waals surface area contributed by atoms with Gasteiger partial charge in [0.05, 0.1) is 11.5 Å². The van der Waals surface area contributed by atoms with Crippen molar-refractivity contribution in [3.63, 3.8) is 0 Å². The molecule has 0 unspecified atom stereocenters. The molecule has 8 nitrogen and oxygen atoms in total. The highest BCUT2D eigenvalue weighted by Gasteiger charge is 2.13. The number of nitrogens with two attached hydrogens (primary N) is 1. The molecule has 0 saturated heterocycles. The van der Waals surface area contributed by atoms with Crippen LogP contribution in [0.5, 0.6) is 0 Å². The molecule has 2 aromatic carbocycles. The lowest BCUT2D eigenvalue weighted by molar-refractivity contribution is -0.113. The predicted molar refractivity (Wildman–Crippen MR) is 118 cm³/mol. The number of aromatic nitrogens is 3. The van der Waals surface area contributed by atoms with Crippen LogP contribution in [-0.4, -0.2) is 32.2 Å². The summed E-state index contributed by atoms with van der Waals surface area (Å²) in [4.78, 5) is 12.2. The van der Waals surface area contributed by atoms with Crippen LogP contribution in [0.15, 0.2) is 58.8 Å². The highest BCUT2D eigenvalue weighted by Crippen LogP contribution is 2.19. The van der Waals surface area contributed by atoms with Crippen LogP contribution in [0.3, 0.4) is 0 Å². The number of rotatable bonds is 7. The fraction of sp³-hybridized carbons (Fsp3) is 0.200. The Morgan fingerprint density at radius 2 is 1.93 bits per heavy atom. The van der Waals surface area contributed by atoms with E-state index < -0.39 is 0 Å². The number of benzene rings is 2. The Hall–Kier alpha value is -3.33. The summed E-state index contributed by atoms with van der Waals surface area (Å²) < 4.78 is 1.27. The topological polar surface area (TPSA) is 110 Å². The quantitative estimate of drug-likeness (QED) is 0.239. The molecule has 9 heteroatoms. The Labute approximate surface area is 173 Å². The second kappa shape index (κ2) is 9.24. The van der Waals surface area contributed by atoms with Crippen molar-refractivity contribution in [1.82, 2.24) is 14.9 Å². The number of hydrogen-bond donors (Lipinski definition) is 3. The van der Waals surface area contributed by atoms with Crippen molar-refractivity contribution in [2.24, 2.45) is 5.10 Å². The van der Waals surface area contributed by atoms with Crippen LogP contribution in [0.25, 0.3) is 0 Å². The van der Waals surface area contributed by atoms with E-state index >= 15 is 0 Å². The first-order chi connectivity index (χ1) is 13.9. The maximum atomic E-state index is 12.2. The van der Waals surface area contributed by atoms with Gasteiger partial charge in [-0.2, -0.15) is 5.10 Å². The van der Waals surface area contributed by atoms with Gasteiger partial charge in [0.1, 0.15) is 0 Å². The molecule has 0 fully saturated rings. The number of aryl methyl sites for hydroxylation is 2. The summed E-state index contributed by atoms with van der Waals surface area (Å²) in [7, 11) is 0. The Morgan fingerprint density at radius 1 is 1.17 bits per heavy atom. The van der Waals surface area contributed by atoms with Gasteiger partial charge in [-0.3, -0.25) is 4.79 Å². The van der Waals surface area contributed by atoms with E-state index in [0.717, 1.165) is 28.1 Å². The number of carbonyl (C=O) groups is 1. The van der Waals surface area contributed by atoms with Crippen LogP contribution in [-0.2, 0) is 4.79 Å². The van der Waals surface area contributed by atoms with Gasteiger partial charge in [-0.25, -0.2) is 10.1 Å². The van der Waals surface area contributed by atoms with E-state index in [-0.39, 0.29) is 17.6 Å². The van der Waals surface area contributed by atoms with E-state index in [1.54, 1.807) is 0 Å². The molecule has 0 spiro atoms. The molecule has 4 N–H and O–H groups in total. The van der Waals surface area contributed by atoms with Crippen LogP contribution in [0.1, 0.15) is 23.6 Å². The van der Waals surface area contributed by atoms with Gasteiger partial charge in [0.15, 0.2) is 0 Å². The summed E-state index contributed by atoms with van der Waals surface area (Å²) in [6, 6.07) is 15.6. The van der Waals surface area contributed by atoms with Crippen molar-refractivity contribution in [2.75, 3.05) is 22.3 Å². The minimum absolute atomic E-state index is 0.141. The van der Waals surface area contributed by atoms with Crippen LogP contribution < -0.4 is 16.6 Å². The summed E-state index contributed by atoms with van der Waals surface area (Å²) in [6.07, 6.45) is 0. The van der Waals surface area contributed by atoms with Gasteiger partial charge in [0.2, 0.25) is 11.1 Å². The molecule has 3 aromatic rings. The predicted octanol–water partition coefficient (Wildman–Crippen LogP) is 3.18. The van der Waals surface area contributed by atoms with Crippen LogP contribution in [0.2, 0.25) is 0 Å². The maximum Gasteiger partial charge on any atom is 0.264 e. The number of hydrazone groups is 1. The van der Waals surface area contributed by atoms with Gasteiger partial charge >= 0.3 is 0 Å². The number of amides is 1. The highest BCUT2D eigenvalue weighted by molar-refractivity contribution is 7.99. The lowest BCUT2D eigenvalue weighted by atomic mass is 10.1. The Balaban J connectivity index is 1.57. The van der Waals surface area contributed by atoms with Gasteiger partial charge in [-0.1, -0.05) is 59.8 Å². The van der Waals surface area contributed by atoms with E-state index in [1.807, 2.05) is 69.3 Å². The number of nitrogens with zero attached hydrogens (tertiary/aromatic N) is 4. The van der Waals surface area contributed by atoms with Crippen LogP contribution >= 0.6 is 11.8 Å². The summed E-state index contributed by atoms with van der Waals surface area (Å²) in [5.41, 5.74) is 7.55. The van der Waals surface area contributed by atoms with Crippen molar-refractivity contribution >= 4 is 35.0 Å². The zero-order chi connectivity index (χ0) is 20.8. The molecule has 0 saturated carbocycles. The maximum absolute atomic E-state index is 12.2. The highest BCUT2D eigenvalue weighted by atomic mass is 32.2. The van der Waals surface area contributed by atoms with Crippen molar-refractivity contribution < 1.29 is 4.79 Å². The largest absolute Gasteiger partial charge is 0.334 e. The second-order valence-electron chi connectivity index (χ2n) is 6.51. The van der Waals surface area contributed by atoms with Crippen LogP contribution in [0.4, 0.5) is 11.6 Å².